The second kappa shape index (κ2) is 10.6. The number of carbonyl (C=O) groups is 2. The second-order valence-electron chi connectivity index (χ2n) is 8.09. The van der Waals surface area contributed by atoms with Crippen LogP contribution in [0.3, 0.4) is 0 Å². The number of benzene rings is 2. The zero-order valence-corrected chi connectivity index (χ0v) is 17.7. The maximum absolute atomic E-state index is 12.5. The molecule has 2 aliphatic rings. The number of rotatable bonds is 4. The van der Waals surface area contributed by atoms with Crippen LogP contribution < -0.4 is 5.32 Å². The number of nitrogens with zero attached hydrogens (tertiary/aromatic N) is 1. The standard InChI is InChI=1S/C22H26N2O.C2HF3O2/c25-22(23-16-17-6-2-1-3-7-17)20-9-8-19-15-21(11-10-18(19)14-20)24-12-4-5-13-24;3-2(4,5)1(6)7/h1-3,6-9,14,21H,4-5,10-13,15-16H2,(H,23,25);(H,6,7)/t21-;/m0./s1. The summed E-state index contributed by atoms with van der Waals surface area (Å²) in [6, 6.07) is 17.0. The molecule has 32 heavy (non-hydrogen) atoms. The normalized spacial score (nSPS) is 18.3. The lowest BCUT2D eigenvalue weighted by atomic mass is 9.86. The van der Waals surface area contributed by atoms with Crippen LogP contribution in [-0.4, -0.2) is 47.2 Å². The van der Waals surface area contributed by atoms with E-state index in [9.17, 15) is 18.0 Å². The molecule has 0 saturated carbocycles. The summed E-state index contributed by atoms with van der Waals surface area (Å²) in [7, 11) is 0. The molecule has 1 atom stereocenters. The molecular formula is C24H27F3N2O3. The van der Waals surface area contributed by atoms with Crippen molar-refractivity contribution in [2.75, 3.05) is 13.1 Å². The van der Waals surface area contributed by atoms with E-state index in [1.165, 1.54) is 43.5 Å². The molecule has 1 amide bonds. The van der Waals surface area contributed by atoms with Crippen LogP contribution in [0.4, 0.5) is 13.2 Å². The van der Waals surface area contributed by atoms with Gasteiger partial charge in [-0.2, -0.15) is 13.2 Å². The number of carbonyl (C=O) groups excluding carboxylic acids is 1. The largest absolute Gasteiger partial charge is 0.490 e. The fourth-order valence-electron chi connectivity index (χ4n) is 4.18. The van der Waals surface area contributed by atoms with Crippen molar-refractivity contribution in [3.63, 3.8) is 0 Å². The number of amides is 1. The fraction of sp³-hybridized carbons (Fsp3) is 0.417. The highest BCUT2D eigenvalue weighted by Crippen LogP contribution is 2.27. The van der Waals surface area contributed by atoms with Gasteiger partial charge in [0.1, 0.15) is 0 Å². The van der Waals surface area contributed by atoms with E-state index in [0.717, 1.165) is 24.0 Å². The summed E-state index contributed by atoms with van der Waals surface area (Å²) < 4.78 is 31.7. The lowest BCUT2D eigenvalue weighted by molar-refractivity contribution is -0.192. The number of carboxylic acids is 1. The number of halogens is 3. The number of alkyl halides is 3. The number of aryl methyl sites for hydroxylation is 1. The third-order valence-electron chi connectivity index (χ3n) is 5.87. The first-order valence-corrected chi connectivity index (χ1v) is 10.7. The molecule has 2 aromatic rings. The highest BCUT2D eigenvalue weighted by Gasteiger charge is 2.38. The Balaban J connectivity index is 0.000000360. The van der Waals surface area contributed by atoms with Crippen LogP contribution in [0.1, 0.15) is 46.3 Å². The number of nitrogens with one attached hydrogen (secondary N) is 1. The smallest absolute Gasteiger partial charge is 0.475 e. The van der Waals surface area contributed by atoms with Crippen molar-refractivity contribution in [2.45, 2.75) is 50.9 Å². The van der Waals surface area contributed by atoms with Gasteiger partial charge in [-0.25, -0.2) is 4.79 Å². The first-order valence-electron chi connectivity index (χ1n) is 10.7. The molecule has 172 valence electrons. The topological polar surface area (TPSA) is 69.6 Å². The van der Waals surface area contributed by atoms with Crippen LogP contribution in [0.2, 0.25) is 0 Å². The molecule has 0 spiro atoms. The van der Waals surface area contributed by atoms with E-state index >= 15 is 0 Å². The van der Waals surface area contributed by atoms with E-state index < -0.39 is 12.1 Å². The number of carboxylic acid groups (broad SMARTS) is 1. The Bertz CT molecular complexity index is 926. The van der Waals surface area contributed by atoms with Crippen LogP contribution in [-0.2, 0) is 24.2 Å². The number of aliphatic carboxylic acids is 1. The van der Waals surface area contributed by atoms with Crippen molar-refractivity contribution in [3.05, 3.63) is 70.8 Å². The van der Waals surface area contributed by atoms with E-state index in [0.29, 0.717) is 12.6 Å². The molecule has 0 bridgehead atoms. The highest BCUT2D eigenvalue weighted by atomic mass is 19.4. The molecule has 5 nitrogen and oxygen atoms in total. The number of fused-ring (bicyclic) bond motifs is 1. The quantitative estimate of drug-likeness (QED) is 0.736. The summed E-state index contributed by atoms with van der Waals surface area (Å²) in [4.78, 5) is 24.0. The molecule has 0 unspecified atom stereocenters. The van der Waals surface area contributed by atoms with Gasteiger partial charge in [-0.1, -0.05) is 36.4 Å². The zero-order valence-electron chi connectivity index (χ0n) is 17.7. The van der Waals surface area contributed by atoms with Gasteiger partial charge in [0, 0.05) is 18.2 Å². The Morgan fingerprint density at radius 2 is 1.69 bits per heavy atom. The summed E-state index contributed by atoms with van der Waals surface area (Å²) in [6.07, 6.45) is 1.08. The molecule has 1 aliphatic carbocycles. The van der Waals surface area contributed by atoms with Crippen LogP contribution in [0.5, 0.6) is 0 Å². The number of hydrogen-bond donors (Lipinski definition) is 2. The lowest BCUT2D eigenvalue weighted by Crippen LogP contribution is -2.37. The van der Waals surface area contributed by atoms with Gasteiger partial charge in [-0.15, -0.1) is 0 Å². The lowest BCUT2D eigenvalue weighted by Gasteiger charge is -2.32. The van der Waals surface area contributed by atoms with Gasteiger partial charge in [-0.3, -0.25) is 4.79 Å². The SMILES string of the molecule is O=C(NCc1ccccc1)c1ccc2c(c1)CC[C@H](N1CCCC1)C2.O=C(O)C(F)(F)F. The van der Waals surface area contributed by atoms with Gasteiger partial charge < -0.3 is 15.3 Å². The minimum absolute atomic E-state index is 0.0216. The first kappa shape index (κ1) is 23.8. The van der Waals surface area contributed by atoms with Crippen molar-refractivity contribution in [1.29, 1.82) is 0 Å². The van der Waals surface area contributed by atoms with Crippen LogP contribution in [0.15, 0.2) is 48.5 Å². The summed E-state index contributed by atoms with van der Waals surface area (Å²) in [6.45, 7) is 3.10. The van der Waals surface area contributed by atoms with Crippen molar-refractivity contribution < 1.29 is 27.9 Å². The predicted octanol–water partition coefficient (Wildman–Crippen LogP) is 4.20. The molecule has 2 N–H and O–H groups in total. The van der Waals surface area contributed by atoms with E-state index in [1.807, 2.05) is 36.4 Å². The third kappa shape index (κ3) is 6.56. The minimum atomic E-state index is -5.08. The number of hydrogen-bond acceptors (Lipinski definition) is 3. The molecule has 8 heteroatoms. The van der Waals surface area contributed by atoms with Crippen molar-refractivity contribution >= 4 is 11.9 Å². The first-order chi connectivity index (χ1) is 15.2. The molecule has 1 heterocycles. The maximum Gasteiger partial charge on any atom is 0.490 e. The van der Waals surface area contributed by atoms with E-state index in [1.54, 1.807) is 0 Å². The minimum Gasteiger partial charge on any atom is -0.475 e. The second-order valence-corrected chi connectivity index (χ2v) is 8.09. The van der Waals surface area contributed by atoms with Gasteiger partial charge >= 0.3 is 12.1 Å². The van der Waals surface area contributed by atoms with Crippen LogP contribution >= 0.6 is 0 Å². The van der Waals surface area contributed by atoms with Crippen molar-refractivity contribution in [1.82, 2.24) is 10.2 Å². The van der Waals surface area contributed by atoms with Gasteiger partial charge in [0.25, 0.3) is 5.91 Å². The van der Waals surface area contributed by atoms with Crippen molar-refractivity contribution in [3.8, 4) is 0 Å². The maximum atomic E-state index is 12.5. The molecule has 2 aromatic carbocycles. The van der Waals surface area contributed by atoms with Crippen molar-refractivity contribution in [2.24, 2.45) is 0 Å². The Labute approximate surface area is 185 Å². The molecule has 1 fully saturated rings. The van der Waals surface area contributed by atoms with Crippen LogP contribution in [0, 0.1) is 0 Å². The highest BCUT2D eigenvalue weighted by molar-refractivity contribution is 5.94. The molecular weight excluding hydrogens is 421 g/mol. The van der Waals surface area contributed by atoms with Gasteiger partial charge in [0.05, 0.1) is 0 Å². The van der Waals surface area contributed by atoms with Gasteiger partial charge in [0.2, 0.25) is 0 Å². The molecule has 4 rings (SSSR count). The van der Waals surface area contributed by atoms with E-state index in [4.69, 9.17) is 9.90 Å². The average Bonchev–Trinajstić information content (AvgIpc) is 3.32. The summed E-state index contributed by atoms with van der Waals surface area (Å²) in [5.41, 5.74) is 4.71. The summed E-state index contributed by atoms with van der Waals surface area (Å²) in [5.74, 6) is -2.74. The Hall–Kier alpha value is -2.87. The Morgan fingerprint density at radius 3 is 2.31 bits per heavy atom. The Morgan fingerprint density at radius 1 is 1.03 bits per heavy atom. The van der Waals surface area contributed by atoms with Crippen LogP contribution in [0.25, 0.3) is 0 Å². The summed E-state index contributed by atoms with van der Waals surface area (Å²) in [5, 5.41) is 10.2. The third-order valence-corrected chi connectivity index (χ3v) is 5.87. The van der Waals surface area contributed by atoms with E-state index in [-0.39, 0.29) is 5.91 Å². The molecule has 0 aromatic heterocycles. The fourth-order valence-corrected chi connectivity index (χ4v) is 4.18. The number of likely N-dealkylation sites (tertiary alicyclic amines) is 1. The zero-order chi connectivity index (χ0) is 23.1. The molecule has 1 aliphatic heterocycles. The average molecular weight is 448 g/mol. The van der Waals surface area contributed by atoms with Gasteiger partial charge in [0.15, 0.2) is 0 Å². The molecule has 0 radical (unpaired) electrons. The summed E-state index contributed by atoms with van der Waals surface area (Å²) >= 11 is 0. The van der Waals surface area contributed by atoms with Gasteiger partial charge in [-0.05, 0) is 74.0 Å². The van der Waals surface area contributed by atoms with E-state index in [2.05, 4.69) is 22.3 Å². The Kier molecular flexibility index (Phi) is 7.90. The monoisotopic (exact) mass is 448 g/mol. The molecule has 1 saturated heterocycles. The predicted molar refractivity (Wildman–Crippen MR) is 114 cm³/mol.